The van der Waals surface area contributed by atoms with Crippen molar-refractivity contribution in [2.24, 2.45) is 7.05 Å². The smallest absolute Gasteiger partial charge is 0.257 e. The van der Waals surface area contributed by atoms with E-state index in [2.05, 4.69) is 15.4 Å². The van der Waals surface area contributed by atoms with Crippen LogP contribution in [0.1, 0.15) is 16.1 Å². The van der Waals surface area contributed by atoms with E-state index in [0.717, 1.165) is 33.2 Å². The van der Waals surface area contributed by atoms with Crippen molar-refractivity contribution in [3.05, 3.63) is 66.0 Å². The number of anilines is 1. The van der Waals surface area contributed by atoms with Crippen LogP contribution < -0.4 is 5.32 Å². The maximum Gasteiger partial charge on any atom is 0.257 e. The van der Waals surface area contributed by atoms with E-state index in [9.17, 15) is 4.79 Å². The molecule has 1 amide bonds. The molecule has 2 aromatic heterocycles. The molecule has 0 atom stereocenters. The zero-order valence-electron chi connectivity index (χ0n) is 13.4. The number of carbonyl (C=O) groups excluding carboxylic acids is 1. The summed E-state index contributed by atoms with van der Waals surface area (Å²) in [5.74, 6) is -0.177. The summed E-state index contributed by atoms with van der Waals surface area (Å²) < 4.78 is 1.72. The third-order valence-electron chi connectivity index (χ3n) is 4.16. The van der Waals surface area contributed by atoms with E-state index < -0.39 is 0 Å². The van der Waals surface area contributed by atoms with E-state index in [0.29, 0.717) is 5.56 Å². The van der Waals surface area contributed by atoms with Crippen molar-refractivity contribution >= 4 is 33.4 Å². The second-order valence-electron chi connectivity index (χ2n) is 5.79. The Morgan fingerprint density at radius 2 is 1.88 bits per heavy atom. The summed E-state index contributed by atoms with van der Waals surface area (Å²) in [7, 11) is 1.85. The monoisotopic (exact) mass is 316 g/mol. The molecular weight excluding hydrogens is 300 g/mol. The lowest BCUT2D eigenvalue weighted by molar-refractivity contribution is 0.102. The number of hydrogen-bond donors (Lipinski definition) is 1. The molecule has 0 saturated heterocycles. The van der Waals surface area contributed by atoms with Crippen LogP contribution in [0.5, 0.6) is 0 Å². The second kappa shape index (κ2) is 5.45. The van der Waals surface area contributed by atoms with Crippen molar-refractivity contribution in [3.63, 3.8) is 0 Å². The molecule has 0 aliphatic heterocycles. The lowest BCUT2D eigenvalue weighted by Crippen LogP contribution is -2.12. The van der Waals surface area contributed by atoms with Gasteiger partial charge in [0.2, 0.25) is 0 Å². The Kier molecular flexibility index (Phi) is 3.27. The van der Waals surface area contributed by atoms with Crippen molar-refractivity contribution in [2.45, 2.75) is 6.92 Å². The summed E-state index contributed by atoms with van der Waals surface area (Å²) in [5, 5.41) is 10.3. The molecule has 0 saturated carbocycles. The molecule has 5 nitrogen and oxygen atoms in total. The Morgan fingerprint density at radius 3 is 2.75 bits per heavy atom. The van der Waals surface area contributed by atoms with E-state index in [1.165, 1.54) is 0 Å². The molecule has 24 heavy (non-hydrogen) atoms. The minimum atomic E-state index is -0.177. The Bertz CT molecular complexity index is 1080. The van der Waals surface area contributed by atoms with E-state index in [1.807, 2.05) is 62.5 Å². The van der Waals surface area contributed by atoms with Crippen LogP contribution in [0.25, 0.3) is 21.8 Å². The Labute approximate surface area is 138 Å². The van der Waals surface area contributed by atoms with Crippen LogP contribution in [-0.2, 0) is 7.05 Å². The predicted molar refractivity (Wildman–Crippen MR) is 95.1 cm³/mol. The lowest BCUT2D eigenvalue weighted by atomic mass is 10.1. The first-order chi connectivity index (χ1) is 11.6. The summed E-state index contributed by atoms with van der Waals surface area (Å²) in [6.45, 7) is 1.91. The fraction of sp³-hybridized carbons (Fsp3) is 0.105. The van der Waals surface area contributed by atoms with E-state index in [1.54, 1.807) is 10.9 Å². The Hall–Kier alpha value is -3.21. The van der Waals surface area contributed by atoms with Gasteiger partial charge in [0.25, 0.3) is 5.91 Å². The zero-order valence-corrected chi connectivity index (χ0v) is 13.4. The molecule has 0 unspecified atom stereocenters. The summed E-state index contributed by atoms with van der Waals surface area (Å²) in [5.41, 5.74) is 2.95. The molecule has 0 spiro atoms. The van der Waals surface area contributed by atoms with Gasteiger partial charge in [-0.1, -0.05) is 36.4 Å². The van der Waals surface area contributed by atoms with Crippen LogP contribution in [0.4, 0.5) is 5.69 Å². The van der Waals surface area contributed by atoms with Gasteiger partial charge in [-0.15, -0.1) is 0 Å². The Balaban J connectivity index is 1.72. The molecule has 0 aliphatic carbocycles. The third-order valence-corrected chi connectivity index (χ3v) is 4.16. The highest BCUT2D eigenvalue weighted by Gasteiger charge is 2.13. The highest BCUT2D eigenvalue weighted by Crippen LogP contribution is 2.24. The van der Waals surface area contributed by atoms with Gasteiger partial charge in [0.15, 0.2) is 5.65 Å². The van der Waals surface area contributed by atoms with Gasteiger partial charge >= 0.3 is 0 Å². The van der Waals surface area contributed by atoms with Crippen LogP contribution in [-0.4, -0.2) is 20.7 Å². The standard InChI is InChI=1S/C19H16N4O/c1-12-16-10-14(11-20-18(16)23(2)22-12)19(24)21-17-9-5-7-13-6-3-4-8-15(13)17/h3-11H,1-2H3,(H,21,24). The van der Waals surface area contributed by atoms with E-state index >= 15 is 0 Å². The number of nitrogens with one attached hydrogen (secondary N) is 1. The molecule has 0 radical (unpaired) electrons. The summed E-state index contributed by atoms with van der Waals surface area (Å²) in [6.07, 6.45) is 1.59. The van der Waals surface area contributed by atoms with E-state index in [4.69, 9.17) is 0 Å². The predicted octanol–water partition coefficient (Wildman–Crippen LogP) is 3.68. The molecule has 0 bridgehead atoms. The summed E-state index contributed by atoms with van der Waals surface area (Å²) in [4.78, 5) is 17.0. The zero-order chi connectivity index (χ0) is 16.7. The van der Waals surface area contributed by atoms with Crippen LogP contribution in [0.15, 0.2) is 54.7 Å². The number of nitrogens with zero attached hydrogens (tertiary/aromatic N) is 3. The number of amides is 1. The summed E-state index contributed by atoms with van der Waals surface area (Å²) in [6, 6.07) is 15.7. The van der Waals surface area contributed by atoms with Crippen molar-refractivity contribution < 1.29 is 4.79 Å². The van der Waals surface area contributed by atoms with Crippen LogP contribution in [0.3, 0.4) is 0 Å². The summed E-state index contributed by atoms with van der Waals surface area (Å²) >= 11 is 0. The van der Waals surface area contributed by atoms with Gasteiger partial charge in [-0.3, -0.25) is 9.48 Å². The van der Waals surface area contributed by atoms with Gasteiger partial charge in [-0.2, -0.15) is 5.10 Å². The molecule has 118 valence electrons. The average molecular weight is 316 g/mol. The van der Waals surface area contributed by atoms with Gasteiger partial charge in [-0.25, -0.2) is 4.98 Å². The topological polar surface area (TPSA) is 59.8 Å². The average Bonchev–Trinajstić information content (AvgIpc) is 2.89. The van der Waals surface area contributed by atoms with Crippen LogP contribution in [0, 0.1) is 6.92 Å². The van der Waals surface area contributed by atoms with Gasteiger partial charge in [0.05, 0.1) is 11.3 Å². The molecule has 0 aliphatic rings. The first-order valence-electron chi connectivity index (χ1n) is 7.72. The number of benzene rings is 2. The maximum atomic E-state index is 12.6. The van der Waals surface area contributed by atoms with Gasteiger partial charge < -0.3 is 5.32 Å². The first-order valence-corrected chi connectivity index (χ1v) is 7.72. The number of aromatic nitrogens is 3. The maximum absolute atomic E-state index is 12.6. The SMILES string of the molecule is Cc1nn(C)c2ncc(C(=O)Nc3cccc4ccccc34)cc12. The van der Waals surface area contributed by atoms with Crippen LogP contribution >= 0.6 is 0 Å². The first kappa shape index (κ1) is 14.4. The minimum Gasteiger partial charge on any atom is -0.321 e. The molecule has 0 fully saturated rings. The quantitative estimate of drug-likeness (QED) is 0.613. The van der Waals surface area contributed by atoms with Crippen molar-refractivity contribution in [1.82, 2.24) is 14.8 Å². The fourth-order valence-corrected chi connectivity index (χ4v) is 2.96. The number of aryl methyl sites for hydroxylation is 2. The molecule has 4 rings (SSSR count). The highest BCUT2D eigenvalue weighted by molar-refractivity contribution is 6.10. The number of rotatable bonds is 2. The third kappa shape index (κ3) is 2.31. The van der Waals surface area contributed by atoms with Crippen molar-refractivity contribution in [3.8, 4) is 0 Å². The highest BCUT2D eigenvalue weighted by atomic mass is 16.1. The normalized spacial score (nSPS) is 11.1. The minimum absolute atomic E-state index is 0.177. The van der Waals surface area contributed by atoms with Gasteiger partial charge in [-0.05, 0) is 24.4 Å². The van der Waals surface area contributed by atoms with Crippen molar-refractivity contribution in [1.29, 1.82) is 0 Å². The van der Waals surface area contributed by atoms with Gasteiger partial charge in [0.1, 0.15) is 0 Å². The molecule has 1 N–H and O–H groups in total. The number of carbonyl (C=O) groups is 1. The molecule has 2 heterocycles. The van der Waals surface area contributed by atoms with Crippen molar-refractivity contribution in [2.75, 3.05) is 5.32 Å². The number of fused-ring (bicyclic) bond motifs is 2. The molecule has 4 aromatic rings. The van der Waals surface area contributed by atoms with Gasteiger partial charge in [0, 0.05) is 29.7 Å². The van der Waals surface area contributed by atoms with E-state index in [-0.39, 0.29) is 5.91 Å². The largest absolute Gasteiger partial charge is 0.321 e. The molecule has 5 heteroatoms. The second-order valence-corrected chi connectivity index (χ2v) is 5.79. The van der Waals surface area contributed by atoms with Crippen LogP contribution in [0.2, 0.25) is 0 Å². The molecule has 2 aromatic carbocycles. The lowest BCUT2D eigenvalue weighted by Gasteiger charge is -2.08. The fourth-order valence-electron chi connectivity index (χ4n) is 2.96. The Morgan fingerprint density at radius 1 is 1.08 bits per heavy atom. The number of pyridine rings is 1. The number of hydrogen-bond acceptors (Lipinski definition) is 3. The molecular formula is C19H16N4O.